The molecule has 0 atom stereocenters. The van der Waals surface area contributed by atoms with Gasteiger partial charge in [0.15, 0.2) is 0 Å². The molecule has 2 heterocycles. The highest BCUT2D eigenvalue weighted by Crippen LogP contribution is 2.37. The minimum atomic E-state index is -0.331. The van der Waals surface area contributed by atoms with Crippen LogP contribution in [0.3, 0.4) is 0 Å². The number of H-pyrrole nitrogens is 2. The van der Waals surface area contributed by atoms with Crippen molar-refractivity contribution in [1.29, 1.82) is 0 Å². The molecule has 0 saturated heterocycles. The summed E-state index contributed by atoms with van der Waals surface area (Å²) in [6.45, 7) is 0. The van der Waals surface area contributed by atoms with Crippen LogP contribution in [-0.2, 0) is 0 Å². The quantitative estimate of drug-likeness (QED) is 0.181. The number of halogens is 4. The van der Waals surface area contributed by atoms with E-state index in [4.69, 9.17) is 9.97 Å². The molecule has 0 fully saturated rings. The Morgan fingerprint density at radius 2 is 0.795 bits per heavy atom. The maximum absolute atomic E-state index is 14.0. The van der Waals surface area contributed by atoms with E-state index >= 15 is 0 Å². The molecule has 7 rings (SSSR count). The smallest absolute Gasteiger partial charge is 0.138 e. The van der Waals surface area contributed by atoms with Gasteiger partial charge in [-0.05, 0) is 68.3 Å². The van der Waals surface area contributed by atoms with E-state index in [1.54, 1.807) is 24.3 Å². The summed E-state index contributed by atoms with van der Waals surface area (Å²) in [7, 11) is 0. The number of hydrogen-bond donors (Lipinski definition) is 2. The van der Waals surface area contributed by atoms with Crippen LogP contribution in [0.5, 0.6) is 0 Å². The first-order valence-corrected chi connectivity index (χ1v) is 15.4. The predicted octanol–water partition coefficient (Wildman–Crippen LogP) is 10.9. The Kier molecular flexibility index (Phi) is 7.54. The number of benzene rings is 5. The second kappa shape index (κ2) is 11.8. The maximum Gasteiger partial charge on any atom is 0.138 e. The first-order chi connectivity index (χ1) is 21.4. The van der Waals surface area contributed by atoms with Gasteiger partial charge in [-0.25, -0.2) is 18.7 Å². The molecule has 5 aromatic carbocycles. The molecule has 0 aliphatic carbocycles. The zero-order valence-electron chi connectivity index (χ0n) is 23.0. The molecule has 2 N–H and O–H groups in total. The lowest BCUT2D eigenvalue weighted by atomic mass is 10.0. The van der Waals surface area contributed by atoms with Gasteiger partial charge in [0.25, 0.3) is 0 Å². The van der Waals surface area contributed by atoms with E-state index < -0.39 is 0 Å². The van der Waals surface area contributed by atoms with Crippen molar-refractivity contribution in [3.05, 3.63) is 142 Å². The molecule has 0 bridgehead atoms. The van der Waals surface area contributed by atoms with E-state index in [9.17, 15) is 8.78 Å². The van der Waals surface area contributed by atoms with E-state index in [1.165, 1.54) is 12.1 Å². The summed E-state index contributed by atoms with van der Waals surface area (Å²) >= 11 is 6.58. The van der Waals surface area contributed by atoms with Gasteiger partial charge in [-0.15, -0.1) is 0 Å². The monoisotopic (exact) mass is 706 g/mol. The number of aromatic amines is 2. The summed E-state index contributed by atoms with van der Waals surface area (Å²) in [6.07, 6.45) is 0. The molecule has 214 valence electrons. The maximum atomic E-state index is 14.0. The topological polar surface area (TPSA) is 57.4 Å². The highest BCUT2D eigenvalue weighted by Gasteiger charge is 2.19. The van der Waals surface area contributed by atoms with Crippen molar-refractivity contribution in [3.8, 4) is 67.8 Å². The molecule has 0 unspecified atom stereocenters. The lowest BCUT2D eigenvalue weighted by Gasteiger charge is -2.06. The van der Waals surface area contributed by atoms with Crippen LogP contribution in [0.25, 0.3) is 67.8 Å². The van der Waals surface area contributed by atoms with Gasteiger partial charge in [0.05, 0.1) is 31.7 Å². The van der Waals surface area contributed by atoms with Crippen molar-refractivity contribution in [2.45, 2.75) is 0 Å². The normalized spacial score (nSPS) is 11.2. The Hall–Kier alpha value is -4.66. The van der Waals surface area contributed by atoms with Crippen LogP contribution in [0.15, 0.2) is 130 Å². The molecule has 0 aliphatic heterocycles. The first-order valence-electron chi connectivity index (χ1n) is 13.8. The average molecular weight is 708 g/mol. The van der Waals surface area contributed by atoms with Crippen LogP contribution >= 0.6 is 31.9 Å². The van der Waals surface area contributed by atoms with Gasteiger partial charge in [0.2, 0.25) is 0 Å². The van der Waals surface area contributed by atoms with Crippen molar-refractivity contribution in [2.75, 3.05) is 0 Å². The van der Waals surface area contributed by atoms with Gasteiger partial charge in [0.1, 0.15) is 23.3 Å². The highest BCUT2D eigenvalue weighted by atomic mass is 79.9. The molecular weight excluding hydrogens is 686 g/mol. The number of rotatable bonds is 6. The average Bonchev–Trinajstić information content (AvgIpc) is 3.71. The fourth-order valence-electron chi connectivity index (χ4n) is 5.14. The highest BCUT2D eigenvalue weighted by molar-refractivity contribution is 9.10. The number of nitrogens with zero attached hydrogens (tertiary/aromatic N) is 2. The summed E-state index contributed by atoms with van der Waals surface area (Å²) in [5, 5.41) is 0. The van der Waals surface area contributed by atoms with Gasteiger partial charge >= 0.3 is 0 Å². The first kappa shape index (κ1) is 28.1. The minimum Gasteiger partial charge on any atom is -0.337 e. The van der Waals surface area contributed by atoms with E-state index in [1.807, 2.05) is 84.9 Å². The van der Waals surface area contributed by atoms with Crippen LogP contribution in [0.1, 0.15) is 0 Å². The molecule has 0 saturated carbocycles. The largest absolute Gasteiger partial charge is 0.337 e. The van der Waals surface area contributed by atoms with Crippen molar-refractivity contribution in [1.82, 2.24) is 19.9 Å². The summed E-state index contributed by atoms with van der Waals surface area (Å²) in [5.41, 5.74) is 8.62. The van der Waals surface area contributed by atoms with E-state index in [0.29, 0.717) is 20.6 Å². The second-order valence-electron chi connectivity index (χ2n) is 10.2. The summed E-state index contributed by atoms with van der Waals surface area (Å²) in [6, 6.07) is 37.8. The van der Waals surface area contributed by atoms with E-state index in [-0.39, 0.29) is 11.6 Å². The summed E-state index contributed by atoms with van der Waals surface area (Å²) < 4.78 is 28.7. The fourth-order valence-corrected chi connectivity index (χ4v) is 5.90. The molecule has 0 radical (unpaired) electrons. The minimum absolute atomic E-state index is 0.330. The fraction of sp³-hybridized carbons (Fsp3) is 0. The lowest BCUT2D eigenvalue weighted by molar-refractivity contribution is 0.621. The third kappa shape index (κ3) is 5.42. The van der Waals surface area contributed by atoms with Crippen LogP contribution in [-0.4, -0.2) is 19.9 Å². The molecule has 44 heavy (non-hydrogen) atoms. The van der Waals surface area contributed by atoms with Crippen LogP contribution in [0.4, 0.5) is 8.78 Å². The Balaban J connectivity index is 1.32. The number of nitrogens with one attached hydrogen (secondary N) is 2. The predicted molar refractivity (Wildman–Crippen MR) is 179 cm³/mol. The van der Waals surface area contributed by atoms with Gasteiger partial charge in [-0.1, -0.05) is 84.9 Å². The van der Waals surface area contributed by atoms with Crippen LogP contribution < -0.4 is 0 Å². The molecule has 8 heteroatoms. The third-order valence-electron chi connectivity index (χ3n) is 7.35. The van der Waals surface area contributed by atoms with Crippen LogP contribution in [0.2, 0.25) is 0 Å². The van der Waals surface area contributed by atoms with Crippen molar-refractivity contribution in [2.24, 2.45) is 0 Å². The van der Waals surface area contributed by atoms with E-state index in [2.05, 4.69) is 41.8 Å². The van der Waals surface area contributed by atoms with Crippen LogP contribution in [0, 0.1) is 11.6 Å². The van der Waals surface area contributed by atoms with Gasteiger partial charge in [0, 0.05) is 33.4 Å². The van der Waals surface area contributed by atoms with Crippen molar-refractivity contribution < 1.29 is 8.78 Å². The molecule has 0 spiro atoms. The van der Waals surface area contributed by atoms with Gasteiger partial charge < -0.3 is 9.97 Å². The molecule has 0 amide bonds. The van der Waals surface area contributed by atoms with E-state index in [0.717, 1.165) is 56.2 Å². The zero-order chi connectivity index (χ0) is 30.2. The Morgan fingerprint density at radius 3 is 1.25 bits per heavy atom. The lowest BCUT2D eigenvalue weighted by Crippen LogP contribution is -1.87. The number of imidazole rings is 2. The Bertz CT molecular complexity index is 1950. The van der Waals surface area contributed by atoms with Gasteiger partial charge in [-0.3, -0.25) is 0 Å². The summed E-state index contributed by atoms with van der Waals surface area (Å²) in [4.78, 5) is 16.9. The summed E-state index contributed by atoms with van der Waals surface area (Å²) in [5.74, 6) is 0.613. The SMILES string of the molecule is Fc1ccc(-c2nc(-c3ccc(-c4[nH]c(-c5ccc(F)c(Br)c5)nc4-c4ccccc4)cc3)c(-c3ccccc3)[nH]2)cc1Br. The molecule has 2 aromatic heterocycles. The Morgan fingerprint density at radius 1 is 0.432 bits per heavy atom. The molecule has 0 aliphatic rings. The second-order valence-corrected chi connectivity index (χ2v) is 11.9. The third-order valence-corrected chi connectivity index (χ3v) is 8.57. The Labute approximate surface area is 269 Å². The van der Waals surface area contributed by atoms with Crippen molar-refractivity contribution in [3.63, 3.8) is 0 Å². The molecular formula is C36H22Br2F2N4. The molecule has 7 aromatic rings. The standard InChI is InChI=1S/C36H22Br2F2N4/c37-27-19-25(15-17-29(27)39)35-41-31(21-7-3-1-4-8-21)33(43-35)23-11-13-24(14-12-23)34-32(22-9-5-2-6-10-22)42-36(44-34)26-16-18-30(40)28(38)20-26/h1-20H,(H,41,43)(H,42,44). The number of hydrogen-bond acceptors (Lipinski definition) is 2. The van der Waals surface area contributed by atoms with Crippen molar-refractivity contribution >= 4 is 31.9 Å². The number of aromatic nitrogens is 4. The molecule has 4 nitrogen and oxygen atoms in total. The van der Waals surface area contributed by atoms with Gasteiger partial charge in [-0.2, -0.15) is 0 Å². The zero-order valence-corrected chi connectivity index (χ0v) is 26.1.